The van der Waals surface area contributed by atoms with E-state index in [1.807, 2.05) is 0 Å². The highest BCUT2D eigenvalue weighted by Gasteiger charge is 2.44. The van der Waals surface area contributed by atoms with Crippen LogP contribution in [0.2, 0.25) is 0 Å². The lowest BCUT2D eigenvalue weighted by molar-refractivity contribution is -0.121. The minimum absolute atomic E-state index is 0.0654. The van der Waals surface area contributed by atoms with Gasteiger partial charge in [0.05, 0.1) is 5.60 Å². The first-order valence-electron chi connectivity index (χ1n) is 8.07. The monoisotopic (exact) mass is 265 g/mol. The number of fused-ring (bicyclic) bond motifs is 1. The number of carbonyl (C=O) groups excluding carboxylic acids is 1. The fourth-order valence-corrected chi connectivity index (χ4v) is 4.62. The van der Waals surface area contributed by atoms with Gasteiger partial charge in [-0.1, -0.05) is 25.7 Å². The number of aldehydes is 1. The van der Waals surface area contributed by atoms with E-state index in [9.17, 15) is 9.90 Å². The smallest absolute Gasteiger partial charge is 0.127 e. The fraction of sp³-hybridized carbons (Fsp3) is 0.938. The number of nitrogens with zero attached hydrogens (tertiary/aromatic N) is 1. The quantitative estimate of drug-likeness (QED) is 0.796. The third-order valence-electron chi connectivity index (χ3n) is 5.90. The van der Waals surface area contributed by atoms with E-state index in [0.29, 0.717) is 5.92 Å². The molecule has 2 aliphatic carbocycles. The molecule has 1 saturated heterocycles. The van der Waals surface area contributed by atoms with Crippen LogP contribution in [-0.4, -0.2) is 41.5 Å². The molecule has 1 heterocycles. The van der Waals surface area contributed by atoms with Crippen molar-refractivity contribution in [2.75, 3.05) is 19.6 Å². The summed E-state index contributed by atoms with van der Waals surface area (Å²) in [6, 6.07) is 0. The highest BCUT2D eigenvalue weighted by Crippen LogP contribution is 2.42. The fourth-order valence-electron chi connectivity index (χ4n) is 4.62. The van der Waals surface area contributed by atoms with Crippen LogP contribution in [0, 0.1) is 11.3 Å². The Bertz CT molecular complexity index is 338. The molecule has 3 fully saturated rings. The lowest BCUT2D eigenvalue weighted by atomic mass is 9.71. The molecule has 2 unspecified atom stereocenters. The Morgan fingerprint density at radius 3 is 2.58 bits per heavy atom. The molecule has 3 aliphatic rings. The summed E-state index contributed by atoms with van der Waals surface area (Å²) in [5.41, 5.74) is -0.455. The Morgan fingerprint density at radius 1 is 1.11 bits per heavy atom. The summed E-state index contributed by atoms with van der Waals surface area (Å²) in [5, 5.41) is 10.7. The predicted octanol–water partition coefficient (Wildman–Crippen LogP) is 2.37. The van der Waals surface area contributed by atoms with Crippen molar-refractivity contribution in [2.45, 2.75) is 63.4 Å². The highest BCUT2D eigenvalue weighted by molar-refractivity contribution is 5.60. The first kappa shape index (κ1) is 13.6. The van der Waals surface area contributed by atoms with Gasteiger partial charge < -0.3 is 14.8 Å². The van der Waals surface area contributed by atoms with Crippen LogP contribution in [0.5, 0.6) is 0 Å². The van der Waals surface area contributed by atoms with Gasteiger partial charge in [0.2, 0.25) is 0 Å². The van der Waals surface area contributed by atoms with Gasteiger partial charge in [-0.05, 0) is 32.1 Å². The first-order chi connectivity index (χ1) is 9.16. The summed E-state index contributed by atoms with van der Waals surface area (Å²) in [4.78, 5) is 13.9. The van der Waals surface area contributed by atoms with Crippen LogP contribution in [0.15, 0.2) is 0 Å². The molecule has 0 spiro atoms. The molecule has 19 heavy (non-hydrogen) atoms. The van der Waals surface area contributed by atoms with Crippen molar-refractivity contribution in [3.63, 3.8) is 0 Å². The summed E-state index contributed by atoms with van der Waals surface area (Å²) in [5.74, 6) is 0.445. The Hall–Kier alpha value is -0.410. The maximum Gasteiger partial charge on any atom is 0.127 e. The number of hydrogen-bond donors (Lipinski definition) is 1. The van der Waals surface area contributed by atoms with Crippen molar-refractivity contribution in [3.8, 4) is 0 Å². The molecule has 2 saturated carbocycles. The highest BCUT2D eigenvalue weighted by atomic mass is 16.3. The number of aliphatic hydroxyl groups is 1. The zero-order chi connectivity index (χ0) is 13.3. The second kappa shape index (κ2) is 5.17. The second-order valence-electron chi connectivity index (χ2n) is 7.22. The zero-order valence-corrected chi connectivity index (χ0v) is 11.9. The zero-order valence-electron chi connectivity index (χ0n) is 11.9. The maximum atomic E-state index is 11.5. The summed E-state index contributed by atoms with van der Waals surface area (Å²) < 4.78 is 0. The van der Waals surface area contributed by atoms with E-state index in [4.69, 9.17) is 0 Å². The Balaban J connectivity index is 1.63. The third-order valence-corrected chi connectivity index (χ3v) is 5.90. The summed E-state index contributed by atoms with van der Waals surface area (Å²) in [6.45, 7) is 2.91. The number of piperidine rings is 1. The van der Waals surface area contributed by atoms with Crippen LogP contribution in [0.3, 0.4) is 0 Å². The van der Waals surface area contributed by atoms with E-state index in [0.717, 1.165) is 45.3 Å². The average molecular weight is 265 g/mol. The molecular formula is C16H27NO2. The minimum atomic E-state index is -0.390. The normalized spacial score (nSPS) is 38.9. The van der Waals surface area contributed by atoms with E-state index < -0.39 is 5.60 Å². The molecule has 0 aromatic rings. The largest absolute Gasteiger partial charge is 0.390 e. The van der Waals surface area contributed by atoms with Crippen molar-refractivity contribution >= 4 is 6.29 Å². The van der Waals surface area contributed by atoms with Crippen molar-refractivity contribution < 1.29 is 9.90 Å². The van der Waals surface area contributed by atoms with Crippen molar-refractivity contribution in [1.82, 2.24) is 4.90 Å². The van der Waals surface area contributed by atoms with E-state index in [1.165, 1.54) is 38.4 Å². The Labute approximate surface area is 116 Å². The van der Waals surface area contributed by atoms with Crippen molar-refractivity contribution in [2.24, 2.45) is 11.3 Å². The molecule has 3 rings (SSSR count). The van der Waals surface area contributed by atoms with E-state index >= 15 is 0 Å². The van der Waals surface area contributed by atoms with Gasteiger partial charge >= 0.3 is 0 Å². The lowest BCUT2D eigenvalue weighted by Gasteiger charge is -2.48. The van der Waals surface area contributed by atoms with Gasteiger partial charge in [0.1, 0.15) is 6.29 Å². The molecule has 3 heteroatoms. The number of likely N-dealkylation sites (tertiary alicyclic amines) is 1. The lowest BCUT2D eigenvalue weighted by Crippen LogP contribution is -2.55. The molecule has 0 bridgehead atoms. The molecule has 3 nitrogen and oxygen atoms in total. The van der Waals surface area contributed by atoms with E-state index in [-0.39, 0.29) is 5.41 Å². The van der Waals surface area contributed by atoms with E-state index in [2.05, 4.69) is 4.90 Å². The van der Waals surface area contributed by atoms with Gasteiger partial charge in [0, 0.05) is 31.0 Å². The van der Waals surface area contributed by atoms with Crippen LogP contribution in [-0.2, 0) is 4.79 Å². The average Bonchev–Trinajstić information content (AvgIpc) is 2.88. The van der Waals surface area contributed by atoms with Crippen LogP contribution in [0.1, 0.15) is 57.8 Å². The molecule has 0 amide bonds. The number of rotatable bonds is 3. The molecule has 2 atom stereocenters. The Kier molecular flexibility index (Phi) is 3.69. The topological polar surface area (TPSA) is 40.5 Å². The van der Waals surface area contributed by atoms with Gasteiger partial charge in [-0.15, -0.1) is 0 Å². The predicted molar refractivity (Wildman–Crippen MR) is 74.9 cm³/mol. The van der Waals surface area contributed by atoms with Gasteiger partial charge in [-0.25, -0.2) is 0 Å². The van der Waals surface area contributed by atoms with E-state index in [1.54, 1.807) is 0 Å². The third kappa shape index (κ3) is 2.59. The van der Waals surface area contributed by atoms with Crippen molar-refractivity contribution in [3.05, 3.63) is 0 Å². The van der Waals surface area contributed by atoms with Gasteiger partial charge in [0.15, 0.2) is 0 Å². The van der Waals surface area contributed by atoms with Gasteiger partial charge in [-0.3, -0.25) is 0 Å². The van der Waals surface area contributed by atoms with Crippen LogP contribution in [0.4, 0.5) is 0 Å². The molecule has 1 N–H and O–H groups in total. The van der Waals surface area contributed by atoms with Crippen LogP contribution >= 0.6 is 0 Å². The summed E-state index contributed by atoms with van der Waals surface area (Å²) >= 11 is 0. The maximum absolute atomic E-state index is 11.5. The first-order valence-corrected chi connectivity index (χ1v) is 8.07. The molecule has 108 valence electrons. The van der Waals surface area contributed by atoms with Gasteiger partial charge in [0.25, 0.3) is 0 Å². The molecule has 1 aliphatic heterocycles. The SMILES string of the molecule is O=CC1(CN2CCC3(O)CCCCC3C2)CCCC1. The van der Waals surface area contributed by atoms with Crippen molar-refractivity contribution in [1.29, 1.82) is 0 Å². The van der Waals surface area contributed by atoms with Crippen LogP contribution < -0.4 is 0 Å². The van der Waals surface area contributed by atoms with Gasteiger partial charge in [-0.2, -0.15) is 0 Å². The molecule has 0 aromatic heterocycles. The molecule has 0 radical (unpaired) electrons. The molecular weight excluding hydrogens is 238 g/mol. The number of carbonyl (C=O) groups is 1. The second-order valence-corrected chi connectivity index (χ2v) is 7.22. The van der Waals surface area contributed by atoms with Crippen LogP contribution in [0.25, 0.3) is 0 Å². The minimum Gasteiger partial charge on any atom is -0.390 e. The summed E-state index contributed by atoms with van der Waals surface area (Å²) in [6.07, 6.45) is 11.3. The standard InChI is InChI=1S/C16H27NO2/c18-13-15(6-3-4-7-15)12-17-10-9-16(19)8-2-1-5-14(16)11-17/h13-14,19H,1-12H2. The Morgan fingerprint density at radius 2 is 1.84 bits per heavy atom. The molecule has 0 aromatic carbocycles. The number of hydrogen-bond acceptors (Lipinski definition) is 3. The summed E-state index contributed by atoms with van der Waals surface area (Å²) in [7, 11) is 0.